The van der Waals surface area contributed by atoms with E-state index in [0.29, 0.717) is 17.3 Å². The Morgan fingerprint density at radius 3 is 2.29 bits per heavy atom. The van der Waals surface area contributed by atoms with Gasteiger partial charge in [0.15, 0.2) is 5.82 Å². The van der Waals surface area contributed by atoms with E-state index in [9.17, 15) is 9.59 Å². The fourth-order valence-electron chi connectivity index (χ4n) is 2.17. The summed E-state index contributed by atoms with van der Waals surface area (Å²) in [6, 6.07) is 7.65. The maximum absolute atomic E-state index is 12.4. The number of rotatable bonds is 6. The SMILES string of the molecule is Cc1noc([C@@H](NC(=O)[C@@H](C)NC(=O)c2ccccc2)C(C)C)n1. The summed E-state index contributed by atoms with van der Waals surface area (Å²) in [4.78, 5) is 28.7. The first kappa shape index (κ1) is 17.7. The van der Waals surface area contributed by atoms with Crippen LogP contribution in [0.1, 0.15) is 48.9 Å². The molecule has 0 radical (unpaired) electrons. The van der Waals surface area contributed by atoms with Gasteiger partial charge in [-0.2, -0.15) is 4.98 Å². The van der Waals surface area contributed by atoms with Gasteiger partial charge >= 0.3 is 0 Å². The van der Waals surface area contributed by atoms with Crippen LogP contribution in [0.3, 0.4) is 0 Å². The number of hydrogen-bond donors (Lipinski definition) is 2. The van der Waals surface area contributed by atoms with E-state index < -0.39 is 12.1 Å². The van der Waals surface area contributed by atoms with E-state index in [1.54, 1.807) is 38.1 Å². The highest BCUT2D eigenvalue weighted by atomic mass is 16.5. The number of amides is 2. The molecule has 2 amide bonds. The second kappa shape index (κ2) is 7.72. The minimum absolute atomic E-state index is 0.0609. The lowest BCUT2D eigenvalue weighted by Crippen LogP contribution is -2.46. The third-order valence-corrected chi connectivity index (χ3v) is 3.55. The molecule has 0 aliphatic heterocycles. The summed E-state index contributed by atoms with van der Waals surface area (Å²) in [7, 11) is 0. The molecule has 2 aromatic rings. The van der Waals surface area contributed by atoms with Crippen molar-refractivity contribution in [2.24, 2.45) is 5.92 Å². The summed E-state index contributed by atoms with van der Waals surface area (Å²) in [5.74, 6) is 0.320. The van der Waals surface area contributed by atoms with E-state index in [2.05, 4.69) is 20.8 Å². The predicted molar refractivity (Wildman–Crippen MR) is 88.1 cm³/mol. The lowest BCUT2D eigenvalue weighted by Gasteiger charge is -2.21. The van der Waals surface area contributed by atoms with Crippen molar-refractivity contribution in [1.82, 2.24) is 20.8 Å². The maximum Gasteiger partial charge on any atom is 0.251 e. The largest absolute Gasteiger partial charge is 0.342 e. The molecule has 7 heteroatoms. The van der Waals surface area contributed by atoms with Crippen molar-refractivity contribution in [3.8, 4) is 0 Å². The molecule has 0 aliphatic rings. The molecule has 2 rings (SSSR count). The van der Waals surface area contributed by atoms with E-state index in [4.69, 9.17) is 4.52 Å². The Morgan fingerprint density at radius 1 is 1.08 bits per heavy atom. The molecule has 7 nitrogen and oxygen atoms in total. The minimum atomic E-state index is -0.692. The van der Waals surface area contributed by atoms with Gasteiger partial charge in [0.1, 0.15) is 12.1 Å². The molecule has 24 heavy (non-hydrogen) atoms. The topological polar surface area (TPSA) is 97.1 Å². The number of nitrogens with zero attached hydrogens (tertiary/aromatic N) is 2. The number of carbonyl (C=O) groups excluding carboxylic acids is 2. The molecule has 0 aliphatic carbocycles. The van der Waals surface area contributed by atoms with Crippen molar-refractivity contribution in [2.75, 3.05) is 0 Å². The second-order valence-electron chi connectivity index (χ2n) is 5.97. The molecule has 0 saturated carbocycles. The van der Waals surface area contributed by atoms with Crippen LogP contribution in [0.15, 0.2) is 34.9 Å². The van der Waals surface area contributed by atoms with Gasteiger partial charge in [-0.3, -0.25) is 9.59 Å². The van der Waals surface area contributed by atoms with Gasteiger partial charge in [-0.05, 0) is 31.9 Å². The van der Waals surface area contributed by atoms with Gasteiger partial charge in [-0.15, -0.1) is 0 Å². The average Bonchev–Trinajstić information content (AvgIpc) is 2.98. The highest BCUT2D eigenvalue weighted by Crippen LogP contribution is 2.20. The molecule has 0 bridgehead atoms. The Hall–Kier alpha value is -2.70. The second-order valence-corrected chi connectivity index (χ2v) is 5.97. The summed E-state index contributed by atoms with van der Waals surface area (Å²) < 4.78 is 5.16. The zero-order valence-electron chi connectivity index (χ0n) is 14.2. The van der Waals surface area contributed by atoms with Crippen LogP contribution in [0.2, 0.25) is 0 Å². The van der Waals surface area contributed by atoms with E-state index in [1.807, 2.05) is 19.9 Å². The van der Waals surface area contributed by atoms with Gasteiger partial charge in [0.2, 0.25) is 11.8 Å². The molecule has 1 aromatic heterocycles. The maximum atomic E-state index is 12.4. The first-order chi connectivity index (χ1) is 11.4. The van der Waals surface area contributed by atoms with E-state index in [1.165, 1.54) is 0 Å². The molecule has 1 heterocycles. The Kier molecular flexibility index (Phi) is 5.68. The van der Waals surface area contributed by atoms with Gasteiger partial charge < -0.3 is 15.2 Å². The normalized spacial score (nSPS) is 13.4. The highest BCUT2D eigenvalue weighted by molar-refractivity contribution is 5.97. The third kappa shape index (κ3) is 4.41. The molecule has 2 atom stereocenters. The van der Waals surface area contributed by atoms with Crippen LogP contribution >= 0.6 is 0 Å². The van der Waals surface area contributed by atoms with Gasteiger partial charge in [0, 0.05) is 5.56 Å². The molecular weight excluding hydrogens is 308 g/mol. The Balaban J connectivity index is 2.00. The first-order valence-electron chi connectivity index (χ1n) is 7.85. The number of aryl methyl sites for hydroxylation is 1. The van der Waals surface area contributed by atoms with E-state index >= 15 is 0 Å². The fourth-order valence-corrected chi connectivity index (χ4v) is 2.17. The highest BCUT2D eigenvalue weighted by Gasteiger charge is 2.26. The van der Waals surface area contributed by atoms with E-state index in [-0.39, 0.29) is 17.7 Å². The van der Waals surface area contributed by atoms with Crippen LogP contribution in [-0.4, -0.2) is 28.0 Å². The molecule has 0 spiro atoms. The fraction of sp³-hybridized carbons (Fsp3) is 0.412. The molecule has 0 fully saturated rings. The summed E-state index contributed by atoms with van der Waals surface area (Å²) in [5.41, 5.74) is 0.505. The molecule has 1 aromatic carbocycles. The number of nitrogens with one attached hydrogen (secondary N) is 2. The smallest absolute Gasteiger partial charge is 0.251 e. The first-order valence-corrected chi connectivity index (χ1v) is 7.85. The minimum Gasteiger partial charge on any atom is -0.342 e. The Labute approximate surface area is 140 Å². The van der Waals surface area contributed by atoms with Crippen LogP contribution in [0, 0.1) is 12.8 Å². The van der Waals surface area contributed by atoms with Crippen molar-refractivity contribution in [3.05, 3.63) is 47.6 Å². The van der Waals surface area contributed by atoms with Gasteiger partial charge in [0.25, 0.3) is 5.91 Å². The van der Waals surface area contributed by atoms with Crippen molar-refractivity contribution in [3.63, 3.8) is 0 Å². The quantitative estimate of drug-likeness (QED) is 0.844. The molecule has 2 N–H and O–H groups in total. The van der Waals surface area contributed by atoms with Crippen LogP contribution in [0.4, 0.5) is 0 Å². The van der Waals surface area contributed by atoms with Gasteiger partial charge in [0.05, 0.1) is 0 Å². The summed E-state index contributed by atoms with van der Waals surface area (Å²) in [5, 5.41) is 9.29. The average molecular weight is 330 g/mol. The molecule has 0 saturated heterocycles. The van der Waals surface area contributed by atoms with Gasteiger partial charge in [-0.25, -0.2) is 0 Å². The third-order valence-electron chi connectivity index (χ3n) is 3.55. The molecule has 128 valence electrons. The Bertz CT molecular complexity index is 697. The van der Waals surface area contributed by atoms with Crippen LogP contribution in [0.25, 0.3) is 0 Å². The predicted octanol–water partition coefficient (Wildman–Crippen LogP) is 2.01. The summed E-state index contributed by atoms with van der Waals surface area (Å²) in [6.07, 6.45) is 0. The van der Waals surface area contributed by atoms with Crippen molar-refractivity contribution in [2.45, 2.75) is 39.8 Å². The number of carbonyl (C=O) groups is 2. The number of aromatic nitrogens is 2. The number of hydrogen-bond acceptors (Lipinski definition) is 5. The monoisotopic (exact) mass is 330 g/mol. The summed E-state index contributed by atoms with van der Waals surface area (Å²) >= 11 is 0. The molecular formula is C17H22N4O3. The lowest BCUT2D eigenvalue weighted by molar-refractivity contribution is -0.123. The van der Waals surface area contributed by atoms with Crippen LogP contribution in [-0.2, 0) is 4.79 Å². The lowest BCUT2D eigenvalue weighted by atomic mass is 10.0. The summed E-state index contributed by atoms with van der Waals surface area (Å²) in [6.45, 7) is 7.23. The van der Waals surface area contributed by atoms with Crippen molar-refractivity contribution < 1.29 is 14.1 Å². The number of benzene rings is 1. The van der Waals surface area contributed by atoms with Crippen molar-refractivity contribution >= 4 is 11.8 Å². The molecule has 0 unspecified atom stereocenters. The van der Waals surface area contributed by atoms with Crippen LogP contribution in [0.5, 0.6) is 0 Å². The van der Waals surface area contributed by atoms with Crippen molar-refractivity contribution in [1.29, 1.82) is 0 Å². The zero-order chi connectivity index (χ0) is 17.7. The van der Waals surface area contributed by atoms with Gasteiger partial charge in [-0.1, -0.05) is 37.2 Å². The standard InChI is InChI=1S/C17H22N4O3/c1-10(2)14(17-19-12(4)21-24-17)20-15(22)11(3)18-16(23)13-8-6-5-7-9-13/h5-11,14H,1-4H3,(H,18,23)(H,20,22)/t11-,14+/m1/s1. The Morgan fingerprint density at radius 2 is 1.75 bits per heavy atom. The zero-order valence-corrected chi connectivity index (χ0v) is 14.2. The van der Waals surface area contributed by atoms with Crippen LogP contribution < -0.4 is 10.6 Å². The van der Waals surface area contributed by atoms with E-state index in [0.717, 1.165) is 0 Å².